The second-order valence-electron chi connectivity index (χ2n) is 5.26. The zero-order valence-corrected chi connectivity index (χ0v) is 17.8. The molecule has 134 valence electrons. The van der Waals surface area contributed by atoms with E-state index in [4.69, 9.17) is 16.3 Å². The molecule has 1 N–H and O–H groups in total. The second kappa shape index (κ2) is 9.77. The summed E-state index contributed by atoms with van der Waals surface area (Å²) in [5.41, 5.74) is 1.00. The molecule has 0 aromatic heterocycles. The number of nitrogens with one attached hydrogen (secondary N) is 1. The summed E-state index contributed by atoms with van der Waals surface area (Å²) in [6.45, 7) is 2.52. The number of nitrogens with zero attached hydrogens (tertiary/aromatic N) is 1. The van der Waals surface area contributed by atoms with Gasteiger partial charge in [0.2, 0.25) is 0 Å². The quantitative estimate of drug-likeness (QED) is 0.381. The molecule has 0 bridgehead atoms. The van der Waals surface area contributed by atoms with E-state index in [0.29, 0.717) is 28.6 Å². The number of anilines is 1. The number of amides is 1. The van der Waals surface area contributed by atoms with Crippen LogP contribution in [0.2, 0.25) is 5.02 Å². The molecule has 2 rings (SSSR count). The van der Waals surface area contributed by atoms with Crippen LogP contribution >= 0.6 is 43.5 Å². The molecule has 0 radical (unpaired) electrons. The van der Waals surface area contributed by atoms with Crippen molar-refractivity contribution in [2.24, 2.45) is 0 Å². The smallest absolute Gasteiger partial charge is 0.266 e. The van der Waals surface area contributed by atoms with Crippen molar-refractivity contribution < 1.29 is 9.53 Å². The molecule has 7 heteroatoms. The maximum atomic E-state index is 12.5. The molecule has 0 spiro atoms. The van der Waals surface area contributed by atoms with Crippen LogP contribution in [-0.4, -0.2) is 12.5 Å². The van der Waals surface area contributed by atoms with E-state index in [-0.39, 0.29) is 5.57 Å². The molecule has 0 aliphatic heterocycles. The highest BCUT2D eigenvalue weighted by atomic mass is 79.9. The van der Waals surface area contributed by atoms with Gasteiger partial charge in [0, 0.05) is 10.0 Å². The van der Waals surface area contributed by atoms with Crippen LogP contribution in [0.3, 0.4) is 0 Å². The van der Waals surface area contributed by atoms with E-state index >= 15 is 0 Å². The van der Waals surface area contributed by atoms with Crippen molar-refractivity contribution in [3.05, 3.63) is 61.5 Å². The fourth-order valence-electron chi connectivity index (χ4n) is 2.10. The summed E-state index contributed by atoms with van der Waals surface area (Å²) in [5, 5.41) is 12.5. The topological polar surface area (TPSA) is 62.1 Å². The van der Waals surface area contributed by atoms with Gasteiger partial charge in [-0.2, -0.15) is 5.26 Å². The number of hydrogen-bond acceptors (Lipinski definition) is 3. The molecular weight excluding hydrogens is 483 g/mol. The third-order valence-corrected chi connectivity index (χ3v) is 4.65. The van der Waals surface area contributed by atoms with Crippen LogP contribution in [0.4, 0.5) is 5.69 Å². The average Bonchev–Trinajstić information content (AvgIpc) is 2.60. The van der Waals surface area contributed by atoms with Crippen LogP contribution in [0.1, 0.15) is 18.9 Å². The Hall–Kier alpha value is -1.81. The minimum absolute atomic E-state index is 0.0590. The van der Waals surface area contributed by atoms with Crippen LogP contribution in [0.15, 0.2) is 50.9 Å². The van der Waals surface area contributed by atoms with Crippen LogP contribution in [0.5, 0.6) is 5.75 Å². The van der Waals surface area contributed by atoms with Gasteiger partial charge in [-0.3, -0.25) is 4.79 Å². The molecule has 2 aromatic rings. The summed E-state index contributed by atoms with van der Waals surface area (Å²) in [4.78, 5) is 12.5. The number of hydrogen-bond donors (Lipinski definition) is 1. The standard InChI is InChI=1S/C19H15Br2ClN2O2/c1-2-7-26-18-12(9-14(20)10-15(18)21)8-13(11-23)19(25)24-17-6-4-3-5-16(17)22/h3-6,8-10H,2,7H2,1H3,(H,24,25)/b13-8+. The van der Waals surface area contributed by atoms with Crippen molar-refractivity contribution in [3.8, 4) is 11.8 Å². The summed E-state index contributed by atoms with van der Waals surface area (Å²) in [6, 6.07) is 12.4. The van der Waals surface area contributed by atoms with Gasteiger partial charge in [0.15, 0.2) is 0 Å². The molecule has 0 unspecified atom stereocenters. The first-order chi connectivity index (χ1) is 12.5. The Balaban J connectivity index is 2.37. The van der Waals surface area contributed by atoms with Crippen molar-refractivity contribution in [1.29, 1.82) is 5.26 Å². The highest BCUT2D eigenvalue weighted by molar-refractivity contribution is 9.11. The van der Waals surface area contributed by atoms with Gasteiger partial charge in [-0.1, -0.05) is 46.6 Å². The number of halogens is 3. The molecule has 0 fully saturated rings. The van der Waals surface area contributed by atoms with Gasteiger partial charge in [0.1, 0.15) is 17.4 Å². The van der Waals surface area contributed by atoms with Gasteiger partial charge in [0.05, 0.1) is 21.8 Å². The molecule has 0 saturated carbocycles. The lowest BCUT2D eigenvalue weighted by atomic mass is 10.1. The first-order valence-electron chi connectivity index (χ1n) is 7.75. The van der Waals surface area contributed by atoms with Gasteiger partial charge < -0.3 is 10.1 Å². The Bertz CT molecular complexity index is 892. The van der Waals surface area contributed by atoms with Crippen molar-refractivity contribution in [2.75, 3.05) is 11.9 Å². The predicted octanol–water partition coefficient (Wildman–Crippen LogP) is 6.20. The lowest BCUT2D eigenvalue weighted by Gasteiger charge is -2.12. The van der Waals surface area contributed by atoms with E-state index in [1.54, 1.807) is 30.3 Å². The average molecular weight is 499 g/mol. The molecular formula is C19H15Br2ClN2O2. The fourth-order valence-corrected chi connectivity index (χ4v) is 3.66. The summed E-state index contributed by atoms with van der Waals surface area (Å²) in [7, 11) is 0. The lowest BCUT2D eigenvalue weighted by Crippen LogP contribution is -2.13. The minimum Gasteiger partial charge on any atom is -0.492 e. The molecule has 0 atom stereocenters. The zero-order chi connectivity index (χ0) is 19.1. The van der Waals surface area contributed by atoms with Crippen LogP contribution in [0, 0.1) is 11.3 Å². The number of para-hydroxylation sites is 1. The van der Waals surface area contributed by atoms with Gasteiger partial charge in [0.25, 0.3) is 5.91 Å². The summed E-state index contributed by atoms with van der Waals surface area (Å²) >= 11 is 12.9. The predicted molar refractivity (Wildman–Crippen MR) is 111 cm³/mol. The van der Waals surface area contributed by atoms with E-state index in [1.165, 1.54) is 6.08 Å². The number of rotatable bonds is 6. The molecule has 0 aliphatic carbocycles. The van der Waals surface area contributed by atoms with E-state index in [1.807, 2.05) is 19.1 Å². The largest absolute Gasteiger partial charge is 0.492 e. The maximum Gasteiger partial charge on any atom is 0.266 e. The molecule has 0 heterocycles. The number of nitriles is 1. The monoisotopic (exact) mass is 496 g/mol. The van der Waals surface area contributed by atoms with Crippen molar-refractivity contribution in [1.82, 2.24) is 0 Å². The van der Waals surface area contributed by atoms with Gasteiger partial charge >= 0.3 is 0 Å². The highest BCUT2D eigenvalue weighted by Gasteiger charge is 2.15. The van der Waals surface area contributed by atoms with Gasteiger partial charge in [-0.05, 0) is 52.7 Å². The van der Waals surface area contributed by atoms with Crippen LogP contribution < -0.4 is 10.1 Å². The van der Waals surface area contributed by atoms with E-state index in [0.717, 1.165) is 15.4 Å². The molecule has 26 heavy (non-hydrogen) atoms. The highest BCUT2D eigenvalue weighted by Crippen LogP contribution is 2.34. The summed E-state index contributed by atoms with van der Waals surface area (Å²) in [5.74, 6) is 0.0338. The van der Waals surface area contributed by atoms with Gasteiger partial charge in [-0.25, -0.2) is 0 Å². The Kier molecular flexibility index (Phi) is 7.70. The maximum absolute atomic E-state index is 12.5. The van der Waals surface area contributed by atoms with Crippen molar-refractivity contribution in [3.63, 3.8) is 0 Å². The molecule has 1 amide bonds. The second-order valence-corrected chi connectivity index (χ2v) is 7.44. The summed E-state index contributed by atoms with van der Waals surface area (Å²) < 4.78 is 7.29. The zero-order valence-electron chi connectivity index (χ0n) is 13.9. The van der Waals surface area contributed by atoms with E-state index in [9.17, 15) is 10.1 Å². The summed E-state index contributed by atoms with van der Waals surface area (Å²) in [6.07, 6.45) is 2.33. The Morgan fingerprint density at radius 1 is 1.35 bits per heavy atom. The third kappa shape index (κ3) is 5.34. The number of ether oxygens (including phenoxy) is 1. The van der Waals surface area contributed by atoms with Crippen LogP contribution in [-0.2, 0) is 4.79 Å². The van der Waals surface area contributed by atoms with Crippen molar-refractivity contribution in [2.45, 2.75) is 13.3 Å². The Morgan fingerprint density at radius 2 is 2.08 bits per heavy atom. The number of carbonyl (C=O) groups excluding carboxylic acids is 1. The first-order valence-corrected chi connectivity index (χ1v) is 9.72. The molecule has 0 aliphatic rings. The minimum atomic E-state index is -0.543. The number of carbonyl (C=O) groups is 1. The normalized spacial score (nSPS) is 11.0. The lowest BCUT2D eigenvalue weighted by molar-refractivity contribution is -0.112. The SMILES string of the molecule is CCCOc1c(Br)cc(Br)cc1/C=C(\C#N)C(=O)Nc1ccccc1Cl. The van der Waals surface area contributed by atoms with Crippen molar-refractivity contribution >= 4 is 61.1 Å². The Morgan fingerprint density at radius 3 is 2.73 bits per heavy atom. The van der Waals surface area contributed by atoms with E-state index in [2.05, 4.69) is 37.2 Å². The number of benzene rings is 2. The Labute approximate surface area is 174 Å². The molecule has 0 saturated heterocycles. The fraction of sp³-hybridized carbons (Fsp3) is 0.158. The molecule has 2 aromatic carbocycles. The third-order valence-electron chi connectivity index (χ3n) is 3.27. The molecule has 4 nitrogen and oxygen atoms in total. The van der Waals surface area contributed by atoms with E-state index < -0.39 is 5.91 Å². The first kappa shape index (κ1) is 20.5. The van der Waals surface area contributed by atoms with Crippen LogP contribution in [0.25, 0.3) is 6.08 Å². The van der Waals surface area contributed by atoms with Gasteiger partial charge in [-0.15, -0.1) is 0 Å².